The molecule has 0 unspecified atom stereocenters. The van der Waals surface area contributed by atoms with Gasteiger partial charge in [0.05, 0.1) is 5.52 Å². The molecule has 0 aliphatic heterocycles. The van der Waals surface area contributed by atoms with Gasteiger partial charge in [0.25, 0.3) is 5.91 Å². The molecule has 0 fully saturated rings. The van der Waals surface area contributed by atoms with Crippen molar-refractivity contribution in [1.82, 2.24) is 15.0 Å². The number of fused-ring (bicyclic) bond motifs is 1. The first kappa shape index (κ1) is 16.2. The third kappa shape index (κ3) is 2.89. The second kappa shape index (κ2) is 6.83. The number of rotatable bonds is 5. The molecule has 0 atom stereocenters. The Morgan fingerprint density at radius 3 is 2.42 bits per heavy atom. The number of amides is 1. The summed E-state index contributed by atoms with van der Waals surface area (Å²) in [4.78, 5) is 12.7. The summed E-state index contributed by atoms with van der Waals surface area (Å²) in [6, 6.07) is 11.7. The highest BCUT2D eigenvalue weighted by Crippen LogP contribution is 2.24. The molecule has 3 aromatic rings. The molecule has 1 amide bonds. The number of carbonyl (C=O) groups is 1. The van der Waals surface area contributed by atoms with Crippen molar-refractivity contribution in [3.63, 3.8) is 0 Å². The van der Waals surface area contributed by atoms with Crippen LogP contribution in [0.3, 0.4) is 0 Å². The molecule has 2 aromatic carbocycles. The lowest BCUT2D eigenvalue weighted by atomic mass is 10.0. The zero-order valence-electron chi connectivity index (χ0n) is 14.3. The Morgan fingerprint density at radius 2 is 1.79 bits per heavy atom. The Bertz CT molecular complexity index is 860. The van der Waals surface area contributed by atoms with E-state index in [2.05, 4.69) is 41.6 Å². The smallest absolute Gasteiger partial charge is 0.255 e. The molecule has 0 bridgehead atoms. The lowest BCUT2D eigenvalue weighted by Gasteiger charge is -2.14. The van der Waals surface area contributed by atoms with Gasteiger partial charge in [0.2, 0.25) is 0 Å². The highest BCUT2D eigenvalue weighted by atomic mass is 16.1. The molecule has 0 aliphatic carbocycles. The standard InChI is InChI=1S/C19H22N4O/c1-4-13-8-7-9-14(5-2)18(13)20-19(24)15-10-11-17-16(12-15)21-22-23(17)6-3/h7-12H,4-6H2,1-3H3,(H,20,24). The highest BCUT2D eigenvalue weighted by molar-refractivity contribution is 6.06. The number of para-hydroxylation sites is 1. The molecule has 0 radical (unpaired) electrons. The summed E-state index contributed by atoms with van der Waals surface area (Å²) in [6.07, 6.45) is 1.76. The van der Waals surface area contributed by atoms with E-state index >= 15 is 0 Å². The molecule has 124 valence electrons. The van der Waals surface area contributed by atoms with Gasteiger partial charge in [0, 0.05) is 17.8 Å². The van der Waals surface area contributed by atoms with Gasteiger partial charge in [-0.1, -0.05) is 37.3 Å². The number of nitrogens with one attached hydrogen (secondary N) is 1. The topological polar surface area (TPSA) is 59.8 Å². The molecule has 24 heavy (non-hydrogen) atoms. The van der Waals surface area contributed by atoms with E-state index in [0.717, 1.165) is 47.2 Å². The maximum absolute atomic E-state index is 12.7. The van der Waals surface area contributed by atoms with E-state index in [0.29, 0.717) is 5.56 Å². The number of nitrogens with zero attached hydrogens (tertiary/aromatic N) is 3. The predicted molar refractivity (Wildman–Crippen MR) is 96.4 cm³/mol. The second-order valence-electron chi connectivity index (χ2n) is 5.72. The normalized spacial score (nSPS) is 11.0. The average molecular weight is 322 g/mol. The Kier molecular flexibility index (Phi) is 4.60. The number of anilines is 1. The van der Waals surface area contributed by atoms with E-state index in [1.807, 2.05) is 29.8 Å². The SMILES string of the molecule is CCc1cccc(CC)c1NC(=O)c1ccc2c(c1)nnn2CC. The van der Waals surface area contributed by atoms with Crippen LogP contribution in [0, 0.1) is 0 Å². The van der Waals surface area contributed by atoms with Gasteiger partial charge in [-0.15, -0.1) is 5.10 Å². The van der Waals surface area contributed by atoms with Crippen LogP contribution in [0.25, 0.3) is 11.0 Å². The van der Waals surface area contributed by atoms with Crippen molar-refractivity contribution in [2.24, 2.45) is 0 Å². The van der Waals surface area contributed by atoms with Gasteiger partial charge in [-0.3, -0.25) is 4.79 Å². The van der Waals surface area contributed by atoms with Crippen LogP contribution in [0.2, 0.25) is 0 Å². The van der Waals surface area contributed by atoms with E-state index in [9.17, 15) is 4.79 Å². The van der Waals surface area contributed by atoms with Crippen LogP contribution < -0.4 is 5.32 Å². The summed E-state index contributed by atoms with van der Waals surface area (Å²) >= 11 is 0. The molecule has 1 aromatic heterocycles. The molecule has 0 aliphatic rings. The molecule has 1 heterocycles. The fraction of sp³-hybridized carbons (Fsp3) is 0.316. The van der Waals surface area contributed by atoms with Crippen molar-refractivity contribution in [2.75, 3.05) is 5.32 Å². The lowest BCUT2D eigenvalue weighted by Crippen LogP contribution is -2.15. The van der Waals surface area contributed by atoms with Gasteiger partial charge in [0.1, 0.15) is 5.52 Å². The number of aromatic nitrogens is 3. The molecular formula is C19H22N4O. The number of hydrogen-bond acceptors (Lipinski definition) is 3. The molecule has 5 heteroatoms. The van der Waals surface area contributed by atoms with Crippen LogP contribution in [0.15, 0.2) is 36.4 Å². The number of hydrogen-bond donors (Lipinski definition) is 1. The highest BCUT2D eigenvalue weighted by Gasteiger charge is 2.13. The molecule has 5 nitrogen and oxygen atoms in total. The minimum Gasteiger partial charge on any atom is -0.321 e. The second-order valence-corrected chi connectivity index (χ2v) is 5.72. The first-order valence-electron chi connectivity index (χ1n) is 8.43. The zero-order chi connectivity index (χ0) is 17.1. The van der Waals surface area contributed by atoms with Crippen LogP contribution in [-0.2, 0) is 19.4 Å². The number of benzene rings is 2. The molecule has 3 rings (SSSR count). The van der Waals surface area contributed by atoms with E-state index in [1.165, 1.54) is 0 Å². The van der Waals surface area contributed by atoms with Crippen molar-refractivity contribution in [3.05, 3.63) is 53.1 Å². The van der Waals surface area contributed by atoms with Crippen LogP contribution >= 0.6 is 0 Å². The maximum Gasteiger partial charge on any atom is 0.255 e. The molecule has 1 N–H and O–H groups in total. The zero-order valence-corrected chi connectivity index (χ0v) is 14.3. The largest absolute Gasteiger partial charge is 0.321 e. The third-order valence-electron chi connectivity index (χ3n) is 4.31. The predicted octanol–water partition coefficient (Wildman–Crippen LogP) is 3.83. The Labute approximate surface area is 141 Å². The quantitative estimate of drug-likeness (QED) is 0.776. The van der Waals surface area contributed by atoms with Gasteiger partial charge < -0.3 is 5.32 Å². The number of aryl methyl sites for hydroxylation is 3. The number of carbonyl (C=O) groups excluding carboxylic acids is 1. The van der Waals surface area contributed by atoms with Gasteiger partial charge in [-0.05, 0) is 49.1 Å². The van der Waals surface area contributed by atoms with Crippen molar-refractivity contribution in [1.29, 1.82) is 0 Å². The van der Waals surface area contributed by atoms with Crippen molar-refractivity contribution in [3.8, 4) is 0 Å². The van der Waals surface area contributed by atoms with Crippen LogP contribution in [0.4, 0.5) is 5.69 Å². The molecule has 0 spiro atoms. The van der Waals surface area contributed by atoms with Gasteiger partial charge in [0.15, 0.2) is 0 Å². The fourth-order valence-corrected chi connectivity index (χ4v) is 2.94. The first-order valence-corrected chi connectivity index (χ1v) is 8.43. The van der Waals surface area contributed by atoms with Gasteiger partial charge in [-0.25, -0.2) is 4.68 Å². The summed E-state index contributed by atoms with van der Waals surface area (Å²) in [5.74, 6) is -0.112. The van der Waals surface area contributed by atoms with Crippen LogP contribution in [0.5, 0.6) is 0 Å². The van der Waals surface area contributed by atoms with E-state index in [1.54, 1.807) is 6.07 Å². The Hall–Kier alpha value is -2.69. The summed E-state index contributed by atoms with van der Waals surface area (Å²) in [6.45, 7) is 6.97. The van der Waals surface area contributed by atoms with Crippen molar-refractivity contribution >= 4 is 22.6 Å². The Balaban J connectivity index is 1.93. The molecular weight excluding hydrogens is 300 g/mol. The van der Waals surface area contributed by atoms with Crippen LogP contribution in [-0.4, -0.2) is 20.9 Å². The van der Waals surface area contributed by atoms with E-state index < -0.39 is 0 Å². The third-order valence-corrected chi connectivity index (χ3v) is 4.31. The summed E-state index contributed by atoms with van der Waals surface area (Å²) < 4.78 is 1.82. The van der Waals surface area contributed by atoms with Gasteiger partial charge >= 0.3 is 0 Å². The minimum atomic E-state index is -0.112. The minimum absolute atomic E-state index is 0.112. The molecule has 0 saturated heterocycles. The van der Waals surface area contributed by atoms with Crippen molar-refractivity contribution < 1.29 is 4.79 Å². The summed E-state index contributed by atoms with van der Waals surface area (Å²) in [5.41, 5.74) is 5.52. The Morgan fingerprint density at radius 1 is 1.08 bits per heavy atom. The monoisotopic (exact) mass is 322 g/mol. The fourth-order valence-electron chi connectivity index (χ4n) is 2.94. The maximum atomic E-state index is 12.7. The van der Waals surface area contributed by atoms with Gasteiger partial charge in [-0.2, -0.15) is 0 Å². The van der Waals surface area contributed by atoms with E-state index in [4.69, 9.17) is 0 Å². The van der Waals surface area contributed by atoms with Crippen LogP contribution in [0.1, 0.15) is 42.3 Å². The first-order chi connectivity index (χ1) is 11.7. The average Bonchev–Trinajstić information content (AvgIpc) is 3.04. The molecule has 0 saturated carbocycles. The summed E-state index contributed by atoms with van der Waals surface area (Å²) in [5, 5.41) is 11.3. The van der Waals surface area contributed by atoms with Crippen molar-refractivity contribution in [2.45, 2.75) is 40.2 Å². The summed E-state index contributed by atoms with van der Waals surface area (Å²) in [7, 11) is 0. The lowest BCUT2D eigenvalue weighted by molar-refractivity contribution is 0.102. The van der Waals surface area contributed by atoms with E-state index in [-0.39, 0.29) is 5.91 Å².